The van der Waals surface area contributed by atoms with Gasteiger partial charge in [0.05, 0.1) is 4.90 Å². The molecule has 0 amide bonds. The second kappa shape index (κ2) is 10.1. The lowest BCUT2D eigenvalue weighted by atomic mass is 10.1. The number of benzene rings is 1. The van der Waals surface area contributed by atoms with Crippen LogP contribution in [-0.2, 0) is 25.9 Å². The Morgan fingerprint density at radius 1 is 1.23 bits per heavy atom. The van der Waals surface area contributed by atoms with Crippen molar-refractivity contribution in [2.45, 2.75) is 44.7 Å². The van der Waals surface area contributed by atoms with E-state index in [4.69, 9.17) is 4.74 Å². The predicted octanol–water partition coefficient (Wildman–Crippen LogP) is 2.02. The van der Waals surface area contributed by atoms with Crippen LogP contribution in [0.5, 0.6) is 0 Å². The summed E-state index contributed by atoms with van der Waals surface area (Å²) in [6.07, 6.45) is 1.19. The molecular formula is C17H28IN3O4S. The third-order valence-corrected chi connectivity index (χ3v) is 4.40. The normalized spacial score (nSPS) is 12.2. The largest absolute Gasteiger partial charge is 0.459 e. The fraction of sp³-hybridized carbons (Fsp3) is 0.529. The number of hydrogen-bond donors (Lipinski definition) is 2. The van der Waals surface area contributed by atoms with E-state index < -0.39 is 15.4 Å². The van der Waals surface area contributed by atoms with Crippen molar-refractivity contribution in [1.82, 2.24) is 10.6 Å². The first kappa shape index (κ1) is 24.6. The molecule has 0 atom stereocenters. The zero-order valence-corrected chi connectivity index (χ0v) is 19.2. The number of ether oxygens (including phenoxy) is 1. The van der Waals surface area contributed by atoms with Crippen LogP contribution < -0.4 is 10.6 Å². The van der Waals surface area contributed by atoms with Gasteiger partial charge in [0, 0.05) is 19.8 Å². The van der Waals surface area contributed by atoms with Crippen molar-refractivity contribution in [2.24, 2.45) is 4.99 Å². The number of carbonyl (C=O) groups is 1. The topological polar surface area (TPSA) is 96.9 Å². The van der Waals surface area contributed by atoms with Gasteiger partial charge in [0.15, 0.2) is 15.8 Å². The molecule has 2 N–H and O–H groups in total. The predicted molar refractivity (Wildman–Crippen MR) is 114 cm³/mol. The van der Waals surface area contributed by atoms with Crippen LogP contribution in [0.25, 0.3) is 0 Å². The number of nitrogens with one attached hydrogen (secondary N) is 2. The molecule has 0 fully saturated rings. The minimum atomic E-state index is -3.23. The molecule has 0 saturated heterocycles. The van der Waals surface area contributed by atoms with Crippen LogP contribution in [0.1, 0.15) is 31.9 Å². The summed E-state index contributed by atoms with van der Waals surface area (Å²) in [4.78, 5) is 16.1. The zero-order chi connectivity index (χ0) is 19.3. The van der Waals surface area contributed by atoms with Gasteiger partial charge in [-0.2, -0.15) is 0 Å². The molecule has 0 aliphatic heterocycles. The van der Waals surface area contributed by atoms with Crippen LogP contribution in [0.3, 0.4) is 0 Å². The van der Waals surface area contributed by atoms with Crippen LogP contribution in [0.4, 0.5) is 0 Å². The van der Waals surface area contributed by atoms with Crippen molar-refractivity contribution < 1.29 is 17.9 Å². The van der Waals surface area contributed by atoms with Gasteiger partial charge in [0.25, 0.3) is 0 Å². The third-order valence-electron chi connectivity index (χ3n) is 3.14. The molecule has 1 rings (SSSR count). The Morgan fingerprint density at radius 2 is 1.85 bits per heavy atom. The molecule has 148 valence electrons. The summed E-state index contributed by atoms with van der Waals surface area (Å²) >= 11 is 0. The molecule has 1 aromatic rings. The Kier molecular flexibility index (Phi) is 9.57. The van der Waals surface area contributed by atoms with Crippen LogP contribution in [0.2, 0.25) is 0 Å². The molecule has 0 saturated carbocycles. The molecule has 0 aromatic heterocycles. The lowest BCUT2D eigenvalue weighted by Crippen LogP contribution is -2.41. The van der Waals surface area contributed by atoms with Crippen molar-refractivity contribution in [3.63, 3.8) is 0 Å². The minimum absolute atomic E-state index is 0. The maximum Gasteiger partial charge on any atom is 0.325 e. The standard InChI is InChI=1S/C17H27N3O4S.HI/c1-12-9-13(7-8-14(12)25(6,22)23)10-19-16(18-5)20-11-15(21)24-17(2,3)4;/h7-9H,10-11H2,1-6H3,(H2,18,19,20);1H. The Balaban J connectivity index is 0.00000625. The van der Waals surface area contributed by atoms with Gasteiger partial charge < -0.3 is 15.4 Å². The molecule has 0 aliphatic carbocycles. The summed E-state index contributed by atoms with van der Waals surface area (Å²) in [6, 6.07) is 5.15. The van der Waals surface area contributed by atoms with Gasteiger partial charge in [-0.25, -0.2) is 8.42 Å². The number of sulfone groups is 1. The average Bonchev–Trinajstić information content (AvgIpc) is 2.44. The van der Waals surface area contributed by atoms with Gasteiger partial charge in [-0.3, -0.25) is 9.79 Å². The monoisotopic (exact) mass is 497 g/mol. The molecule has 0 radical (unpaired) electrons. The van der Waals surface area contributed by atoms with E-state index in [1.807, 2.05) is 6.07 Å². The molecule has 0 spiro atoms. The number of halogens is 1. The van der Waals surface area contributed by atoms with E-state index in [0.717, 1.165) is 5.56 Å². The number of nitrogens with zero attached hydrogens (tertiary/aromatic N) is 1. The second-order valence-electron chi connectivity index (χ2n) is 6.74. The molecule has 0 aliphatic rings. The summed E-state index contributed by atoms with van der Waals surface area (Å²) in [6.45, 7) is 7.62. The summed E-state index contributed by atoms with van der Waals surface area (Å²) in [7, 11) is -1.63. The highest BCUT2D eigenvalue weighted by Gasteiger charge is 2.16. The molecular weight excluding hydrogens is 469 g/mol. The van der Waals surface area contributed by atoms with E-state index in [-0.39, 0.29) is 36.5 Å². The number of esters is 1. The van der Waals surface area contributed by atoms with Gasteiger partial charge in [0.2, 0.25) is 0 Å². The highest BCUT2D eigenvalue weighted by atomic mass is 127. The summed E-state index contributed by atoms with van der Waals surface area (Å²) < 4.78 is 28.5. The van der Waals surface area contributed by atoms with Crippen molar-refractivity contribution in [1.29, 1.82) is 0 Å². The van der Waals surface area contributed by atoms with Crippen molar-refractivity contribution in [3.05, 3.63) is 29.3 Å². The number of aryl methyl sites for hydroxylation is 1. The van der Waals surface area contributed by atoms with Gasteiger partial charge in [-0.05, 0) is 44.9 Å². The van der Waals surface area contributed by atoms with Crippen LogP contribution in [0.15, 0.2) is 28.1 Å². The van der Waals surface area contributed by atoms with Crippen molar-refractivity contribution in [2.75, 3.05) is 19.8 Å². The average molecular weight is 497 g/mol. The molecule has 0 unspecified atom stereocenters. The van der Waals surface area contributed by atoms with E-state index in [1.54, 1.807) is 46.9 Å². The lowest BCUT2D eigenvalue weighted by molar-refractivity contribution is -0.153. The maximum absolute atomic E-state index is 11.7. The van der Waals surface area contributed by atoms with Gasteiger partial charge in [-0.1, -0.05) is 12.1 Å². The fourth-order valence-electron chi connectivity index (χ4n) is 2.18. The molecule has 26 heavy (non-hydrogen) atoms. The van der Waals surface area contributed by atoms with E-state index in [2.05, 4.69) is 15.6 Å². The number of rotatable bonds is 5. The molecule has 0 bridgehead atoms. The van der Waals surface area contributed by atoms with Crippen LogP contribution in [0, 0.1) is 6.92 Å². The summed E-state index contributed by atoms with van der Waals surface area (Å²) in [5.74, 6) is 0.0829. The van der Waals surface area contributed by atoms with Gasteiger partial charge >= 0.3 is 5.97 Å². The fourth-order valence-corrected chi connectivity index (χ4v) is 3.14. The first-order valence-corrected chi connectivity index (χ1v) is 9.77. The molecule has 7 nitrogen and oxygen atoms in total. The van der Waals surface area contributed by atoms with Gasteiger partial charge in [-0.15, -0.1) is 24.0 Å². The summed E-state index contributed by atoms with van der Waals surface area (Å²) in [5, 5.41) is 5.95. The Hall–Kier alpha value is -1.36. The minimum Gasteiger partial charge on any atom is -0.459 e. The second-order valence-corrected chi connectivity index (χ2v) is 8.72. The molecule has 1 aromatic carbocycles. The van der Waals surface area contributed by atoms with Gasteiger partial charge in [0.1, 0.15) is 12.1 Å². The molecule has 9 heteroatoms. The highest BCUT2D eigenvalue weighted by molar-refractivity contribution is 14.0. The van der Waals surface area contributed by atoms with E-state index in [9.17, 15) is 13.2 Å². The molecule has 0 heterocycles. The van der Waals surface area contributed by atoms with Crippen LogP contribution >= 0.6 is 24.0 Å². The maximum atomic E-state index is 11.7. The van der Waals surface area contributed by atoms with Crippen molar-refractivity contribution in [3.8, 4) is 0 Å². The van der Waals surface area contributed by atoms with Crippen molar-refractivity contribution >= 4 is 45.7 Å². The van der Waals surface area contributed by atoms with Crippen LogP contribution in [-0.4, -0.2) is 45.8 Å². The zero-order valence-electron chi connectivity index (χ0n) is 16.0. The number of guanidine groups is 1. The Morgan fingerprint density at radius 3 is 2.31 bits per heavy atom. The quantitative estimate of drug-likeness (QED) is 0.280. The number of hydrogen-bond acceptors (Lipinski definition) is 5. The van der Waals surface area contributed by atoms with E-state index >= 15 is 0 Å². The smallest absolute Gasteiger partial charge is 0.325 e. The number of carbonyl (C=O) groups excluding carboxylic acids is 1. The Bertz CT molecular complexity index is 756. The van der Waals surface area contributed by atoms with E-state index in [0.29, 0.717) is 23.0 Å². The Labute approximate surface area is 172 Å². The first-order valence-electron chi connectivity index (χ1n) is 7.88. The highest BCUT2D eigenvalue weighted by Crippen LogP contribution is 2.16. The third kappa shape index (κ3) is 8.84. The van der Waals surface area contributed by atoms with E-state index in [1.165, 1.54) is 6.26 Å². The lowest BCUT2D eigenvalue weighted by Gasteiger charge is -2.20. The SMILES string of the molecule is CN=C(NCC(=O)OC(C)(C)C)NCc1ccc(S(C)(=O)=O)c(C)c1.I. The first-order chi connectivity index (χ1) is 11.4. The number of aliphatic imine (C=N–C) groups is 1. The summed E-state index contributed by atoms with van der Waals surface area (Å²) in [5.41, 5.74) is 1.07.